The zero-order valence-electron chi connectivity index (χ0n) is 11.6. The topological polar surface area (TPSA) is 32.7 Å². The molecule has 1 heterocycles. The Hall–Kier alpha value is -0.120. The molecule has 0 radical (unpaired) electrons. The summed E-state index contributed by atoms with van der Waals surface area (Å²) in [5.74, 6) is 0. The maximum Gasteiger partial charge on any atom is 0.0760 e. The van der Waals surface area contributed by atoms with Gasteiger partial charge in [-0.25, -0.2) is 0 Å². The number of rotatable bonds is 3. The fourth-order valence-electron chi connectivity index (χ4n) is 2.54. The third-order valence-corrected chi connectivity index (χ3v) is 2.80. The van der Waals surface area contributed by atoms with Crippen LogP contribution in [0.5, 0.6) is 0 Å². The van der Waals surface area contributed by atoms with E-state index in [1.807, 2.05) is 13.8 Å². The summed E-state index contributed by atoms with van der Waals surface area (Å²) in [7, 11) is 0. The lowest BCUT2D eigenvalue weighted by atomic mass is 9.97. The first-order valence-electron chi connectivity index (χ1n) is 6.14. The van der Waals surface area contributed by atoms with Gasteiger partial charge in [-0.15, -0.1) is 0 Å². The molecule has 0 aliphatic carbocycles. The number of aliphatic hydroxyl groups is 1. The third-order valence-electron chi connectivity index (χ3n) is 2.80. The second kappa shape index (κ2) is 4.28. The van der Waals surface area contributed by atoms with Crippen LogP contribution < -0.4 is 0 Å². The minimum atomic E-state index is -0.577. The van der Waals surface area contributed by atoms with E-state index in [0.29, 0.717) is 0 Å². The van der Waals surface area contributed by atoms with E-state index in [4.69, 9.17) is 4.74 Å². The Morgan fingerprint density at radius 3 is 1.94 bits per heavy atom. The molecule has 1 aliphatic heterocycles. The summed E-state index contributed by atoms with van der Waals surface area (Å²) in [5.41, 5.74) is -0.769. The Kier molecular flexibility index (Phi) is 3.73. The molecule has 0 unspecified atom stereocenters. The quantitative estimate of drug-likeness (QED) is 0.804. The number of nitrogens with zero attached hydrogens (tertiary/aromatic N) is 1. The molecule has 1 aliphatic rings. The molecule has 0 saturated carbocycles. The van der Waals surface area contributed by atoms with Gasteiger partial charge in [-0.3, -0.25) is 4.90 Å². The monoisotopic (exact) mass is 229 g/mol. The van der Waals surface area contributed by atoms with Crippen molar-refractivity contribution in [3.05, 3.63) is 0 Å². The molecule has 3 nitrogen and oxygen atoms in total. The zero-order chi connectivity index (χ0) is 12.6. The Bertz CT molecular complexity index is 225. The van der Waals surface area contributed by atoms with Crippen LogP contribution in [-0.4, -0.2) is 46.4 Å². The standard InChI is InChI=1S/C13H27NO2/c1-11(2,15)7-8-14-9-12(3,4)16-13(5,6)10-14/h15H,7-10H2,1-6H3. The van der Waals surface area contributed by atoms with Crippen molar-refractivity contribution >= 4 is 0 Å². The number of hydrogen-bond donors (Lipinski definition) is 1. The van der Waals surface area contributed by atoms with Crippen molar-refractivity contribution in [1.82, 2.24) is 4.90 Å². The molecule has 1 N–H and O–H groups in total. The normalized spacial score (nSPS) is 25.7. The van der Waals surface area contributed by atoms with Crippen molar-refractivity contribution in [3.8, 4) is 0 Å². The fraction of sp³-hybridized carbons (Fsp3) is 1.00. The van der Waals surface area contributed by atoms with Gasteiger partial charge in [-0.2, -0.15) is 0 Å². The molecule has 0 aromatic carbocycles. The van der Waals surface area contributed by atoms with Crippen molar-refractivity contribution < 1.29 is 9.84 Å². The molecular weight excluding hydrogens is 202 g/mol. The van der Waals surface area contributed by atoms with Crippen molar-refractivity contribution in [2.45, 2.75) is 64.8 Å². The Morgan fingerprint density at radius 2 is 1.56 bits per heavy atom. The molecule has 1 saturated heterocycles. The summed E-state index contributed by atoms with van der Waals surface area (Å²) in [6.45, 7) is 15.1. The van der Waals surface area contributed by atoms with Gasteiger partial charge in [0.05, 0.1) is 16.8 Å². The van der Waals surface area contributed by atoms with Crippen LogP contribution in [0.15, 0.2) is 0 Å². The van der Waals surface area contributed by atoms with Gasteiger partial charge in [0.25, 0.3) is 0 Å². The van der Waals surface area contributed by atoms with E-state index < -0.39 is 5.60 Å². The molecule has 0 aromatic heterocycles. The van der Waals surface area contributed by atoms with Crippen LogP contribution in [0.3, 0.4) is 0 Å². The summed E-state index contributed by atoms with van der Waals surface area (Å²) in [6, 6.07) is 0. The summed E-state index contributed by atoms with van der Waals surface area (Å²) in [4.78, 5) is 2.39. The Labute approximate surface area is 99.8 Å². The number of ether oxygens (including phenoxy) is 1. The van der Waals surface area contributed by atoms with Gasteiger partial charge >= 0.3 is 0 Å². The van der Waals surface area contributed by atoms with Crippen LogP contribution in [0.2, 0.25) is 0 Å². The van der Waals surface area contributed by atoms with Crippen LogP contribution in [0.1, 0.15) is 48.0 Å². The van der Waals surface area contributed by atoms with Crippen molar-refractivity contribution in [2.24, 2.45) is 0 Å². The SMILES string of the molecule is CC(C)(O)CCN1CC(C)(C)OC(C)(C)C1. The Morgan fingerprint density at radius 1 is 1.12 bits per heavy atom. The molecule has 0 spiro atoms. The second-order valence-electron chi connectivity index (χ2n) is 6.89. The summed E-state index contributed by atoms with van der Waals surface area (Å²) in [5, 5.41) is 9.75. The molecular formula is C13H27NO2. The first-order chi connectivity index (χ1) is 6.99. The summed E-state index contributed by atoms with van der Waals surface area (Å²) in [6.07, 6.45) is 0.805. The lowest BCUT2D eigenvalue weighted by Gasteiger charge is -2.47. The lowest BCUT2D eigenvalue weighted by molar-refractivity contribution is -0.181. The molecule has 0 aromatic rings. The van der Waals surface area contributed by atoms with Crippen LogP contribution >= 0.6 is 0 Å². The first-order valence-corrected chi connectivity index (χ1v) is 6.14. The fourth-order valence-corrected chi connectivity index (χ4v) is 2.54. The molecule has 3 heteroatoms. The highest BCUT2D eigenvalue weighted by Crippen LogP contribution is 2.28. The van der Waals surface area contributed by atoms with Crippen LogP contribution in [-0.2, 0) is 4.74 Å². The van der Waals surface area contributed by atoms with E-state index in [-0.39, 0.29) is 11.2 Å². The van der Waals surface area contributed by atoms with E-state index >= 15 is 0 Å². The summed E-state index contributed by atoms with van der Waals surface area (Å²) >= 11 is 0. The second-order valence-corrected chi connectivity index (χ2v) is 6.89. The molecule has 1 fully saturated rings. The van der Waals surface area contributed by atoms with E-state index in [9.17, 15) is 5.11 Å². The van der Waals surface area contributed by atoms with Crippen LogP contribution in [0.25, 0.3) is 0 Å². The zero-order valence-corrected chi connectivity index (χ0v) is 11.6. The predicted octanol–water partition coefficient (Wildman–Crippen LogP) is 2.04. The highest BCUT2D eigenvalue weighted by atomic mass is 16.5. The Balaban J connectivity index is 2.55. The van der Waals surface area contributed by atoms with Gasteiger partial charge in [0, 0.05) is 19.6 Å². The van der Waals surface area contributed by atoms with E-state index in [2.05, 4.69) is 32.6 Å². The van der Waals surface area contributed by atoms with Gasteiger partial charge in [0.2, 0.25) is 0 Å². The predicted molar refractivity (Wildman–Crippen MR) is 66.6 cm³/mol. The lowest BCUT2D eigenvalue weighted by Crippen LogP contribution is -2.57. The number of morpholine rings is 1. The van der Waals surface area contributed by atoms with E-state index in [1.165, 1.54) is 0 Å². The highest BCUT2D eigenvalue weighted by molar-refractivity contribution is 4.89. The molecule has 0 amide bonds. The largest absolute Gasteiger partial charge is 0.390 e. The average molecular weight is 229 g/mol. The van der Waals surface area contributed by atoms with Gasteiger partial charge in [0.15, 0.2) is 0 Å². The summed E-state index contributed by atoms with van der Waals surface area (Å²) < 4.78 is 6.02. The van der Waals surface area contributed by atoms with Gasteiger partial charge < -0.3 is 9.84 Å². The molecule has 16 heavy (non-hydrogen) atoms. The van der Waals surface area contributed by atoms with Gasteiger partial charge in [-0.05, 0) is 48.0 Å². The minimum absolute atomic E-state index is 0.0959. The van der Waals surface area contributed by atoms with Gasteiger partial charge in [0.1, 0.15) is 0 Å². The average Bonchev–Trinajstić information content (AvgIpc) is 1.93. The molecule has 0 bridgehead atoms. The van der Waals surface area contributed by atoms with Gasteiger partial charge in [-0.1, -0.05) is 0 Å². The molecule has 0 atom stereocenters. The van der Waals surface area contributed by atoms with Crippen molar-refractivity contribution in [3.63, 3.8) is 0 Å². The molecule has 1 rings (SSSR count). The van der Waals surface area contributed by atoms with Crippen LogP contribution in [0.4, 0.5) is 0 Å². The maximum absolute atomic E-state index is 9.75. The van der Waals surface area contributed by atoms with Crippen molar-refractivity contribution in [1.29, 1.82) is 0 Å². The minimum Gasteiger partial charge on any atom is -0.390 e. The van der Waals surface area contributed by atoms with E-state index in [0.717, 1.165) is 26.1 Å². The highest BCUT2D eigenvalue weighted by Gasteiger charge is 2.38. The first kappa shape index (κ1) is 13.9. The molecule has 96 valence electrons. The smallest absolute Gasteiger partial charge is 0.0760 e. The number of hydrogen-bond acceptors (Lipinski definition) is 3. The van der Waals surface area contributed by atoms with E-state index in [1.54, 1.807) is 0 Å². The maximum atomic E-state index is 9.75. The third kappa shape index (κ3) is 4.81. The van der Waals surface area contributed by atoms with Crippen molar-refractivity contribution in [2.75, 3.05) is 19.6 Å². The van der Waals surface area contributed by atoms with Crippen LogP contribution in [0, 0.1) is 0 Å².